The molecule has 2 aromatic rings. The minimum absolute atomic E-state index is 0.0546. The monoisotopic (exact) mass is 312 g/mol. The molecule has 0 aliphatic carbocycles. The number of rotatable bonds is 3. The highest BCUT2D eigenvalue weighted by atomic mass is 32.2. The summed E-state index contributed by atoms with van der Waals surface area (Å²) in [5.74, 6) is -1.53. The Balaban J connectivity index is 2.41. The van der Waals surface area contributed by atoms with Gasteiger partial charge in [0.2, 0.25) is 0 Å². The molecule has 112 valence electrons. The van der Waals surface area contributed by atoms with E-state index < -0.39 is 27.6 Å². The molecule has 0 aliphatic heterocycles. The number of aryl methyl sites for hydroxylation is 1. The van der Waals surface area contributed by atoms with Crippen LogP contribution in [0, 0.1) is 18.6 Å². The molecule has 0 saturated carbocycles. The molecule has 0 bridgehead atoms. The van der Waals surface area contributed by atoms with Gasteiger partial charge in [0, 0.05) is 17.9 Å². The lowest BCUT2D eigenvalue weighted by Gasteiger charge is -2.14. The van der Waals surface area contributed by atoms with E-state index in [2.05, 4.69) is 0 Å². The van der Waals surface area contributed by atoms with Gasteiger partial charge in [-0.25, -0.2) is 17.2 Å². The van der Waals surface area contributed by atoms with Crippen LogP contribution in [0.2, 0.25) is 0 Å². The van der Waals surface area contributed by atoms with Crippen LogP contribution < -0.4 is 0 Å². The molecule has 1 unspecified atom stereocenters. The number of benzene rings is 2. The van der Waals surface area contributed by atoms with E-state index >= 15 is 0 Å². The second kappa shape index (κ2) is 5.54. The molecular formula is C15H14F2O3S. The van der Waals surface area contributed by atoms with E-state index in [1.165, 1.54) is 37.3 Å². The number of halogens is 2. The fourth-order valence-electron chi connectivity index (χ4n) is 1.97. The first kappa shape index (κ1) is 15.6. The van der Waals surface area contributed by atoms with Crippen LogP contribution in [0.15, 0.2) is 41.3 Å². The highest BCUT2D eigenvalue weighted by Crippen LogP contribution is 2.27. The minimum atomic E-state index is -3.34. The SMILES string of the molecule is Cc1cc(C(O)c2ccc(S(C)(=O)=O)cc2)c(F)cc1F. The Morgan fingerprint density at radius 1 is 1.05 bits per heavy atom. The van der Waals surface area contributed by atoms with Crippen molar-refractivity contribution < 1.29 is 22.3 Å². The van der Waals surface area contributed by atoms with Crippen molar-refractivity contribution in [3.05, 3.63) is 64.7 Å². The zero-order chi connectivity index (χ0) is 15.8. The average Bonchev–Trinajstić information content (AvgIpc) is 2.41. The Hall–Kier alpha value is -1.79. The molecule has 1 N–H and O–H groups in total. The van der Waals surface area contributed by atoms with Gasteiger partial charge in [-0.15, -0.1) is 0 Å². The Morgan fingerprint density at radius 2 is 1.62 bits per heavy atom. The predicted octanol–water partition coefficient (Wildman–Crippen LogP) is 2.76. The molecule has 0 spiro atoms. The van der Waals surface area contributed by atoms with Crippen LogP contribution in [0.25, 0.3) is 0 Å². The molecule has 0 amide bonds. The van der Waals surface area contributed by atoms with Crippen LogP contribution in [0.3, 0.4) is 0 Å². The second-order valence-corrected chi connectivity index (χ2v) is 6.88. The van der Waals surface area contributed by atoms with Gasteiger partial charge in [0.15, 0.2) is 9.84 Å². The van der Waals surface area contributed by atoms with Gasteiger partial charge in [0.25, 0.3) is 0 Å². The molecular weight excluding hydrogens is 298 g/mol. The number of hydrogen-bond donors (Lipinski definition) is 1. The molecule has 0 aliphatic rings. The van der Waals surface area contributed by atoms with E-state index in [-0.39, 0.29) is 16.0 Å². The molecule has 3 nitrogen and oxygen atoms in total. The van der Waals surface area contributed by atoms with E-state index in [1.807, 2.05) is 0 Å². The largest absolute Gasteiger partial charge is 0.384 e. The first-order valence-electron chi connectivity index (χ1n) is 6.14. The molecule has 0 aromatic heterocycles. The summed E-state index contributed by atoms with van der Waals surface area (Å²) in [5, 5.41) is 10.2. The van der Waals surface area contributed by atoms with Gasteiger partial charge in [-0.3, -0.25) is 0 Å². The Bertz CT molecular complexity index is 768. The molecule has 2 rings (SSSR count). The quantitative estimate of drug-likeness (QED) is 0.948. The van der Waals surface area contributed by atoms with Crippen molar-refractivity contribution in [2.24, 2.45) is 0 Å². The summed E-state index contributed by atoms with van der Waals surface area (Å²) in [6.07, 6.45) is -0.223. The van der Waals surface area contributed by atoms with Gasteiger partial charge < -0.3 is 5.11 Å². The van der Waals surface area contributed by atoms with E-state index in [0.29, 0.717) is 5.56 Å². The van der Waals surface area contributed by atoms with Crippen LogP contribution in [0.5, 0.6) is 0 Å². The molecule has 0 saturated heterocycles. The Labute approximate surface area is 121 Å². The number of sulfone groups is 1. The highest BCUT2D eigenvalue weighted by Gasteiger charge is 2.18. The Morgan fingerprint density at radius 3 is 2.14 bits per heavy atom. The van der Waals surface area contributed by atoms with E-state index in [0.717, 1.165) is 12.3 Å². The maximum absolute atomic E-state index is 13.7. The van der Waals surface area contributed by atoms with E-state index in [4.69, 9.17) is 0 Å². The lowest BCUT2D eigenvalue weighted by atomic mass is 9.99. The van der Waals surface area contributed by atoms with Crippen molar-refractivity contribution >= 4 is 9.84 Å². The van der Waals surface area contributed by atoms with Crippen molar-refractivity contribution in [1.82, 2.24) is 0 Å². The third-order valence-corrected chi connectivity index (χ3v) is 4.32. The van der Waals surface area contributed by atoms with Crippen molar-refractivity contribution in [2.45, 2.75) is 17.9 Å². The number of aliphatic hydroxyl groups is 1. The topological polar surface area (TPSA) is 54.4 Å². The zero-order valence-electron chi connectivity index (χ0n) is 11.5. The first-order valence-corrected chi connectivity index (χ1v) is 8.03. The lowest BCUT2D eigenvalue weighted by molar-refractivity contribution is 0.214. The summed E-state index contributed by atoms with van der Waals surface area (Å²) in [6, 6.07) is 7.43. The van der Waals surface area contributed by atoms with Crippen LogP contribution in [-0.2, 0) is 9.84 Å². The number of hydrogen-bond acceptors (Lipinski definition) is 3. The molecule has 0 radical (unpaired) electrons. The summed E-state index contributed by atoms with van der Waals surface area (Å²) >= 11 is 0. The maximum atomic E-state index is 13.7. The van der Waals surface area contributed by atoms with E-state index in [9.17, 15) is 22.3 Å². The highest BCUT2D eigenvalue weighted by molar-refractivity contribution is 7.90. The smallest absolute Gasteiger partial charge is 0.175 e. The van der Waals surface area contributed by atoms with Crippen molar-refractivity contribution in [2.75, 3.05) is 6.26 Å². The van der Waals surface area contributed by atoms with Gasteiger partial charge in [-0.1, -0.05) is 12.1 Å². The minimum Gasteiger partial charge on any atom is -0.384 e. The molecule has 6 heteroatoms. The second-order valence-electron chi connectivity index (χ2n) is 4.87. The van der Waals surface area contributed by atoms with Crippen LogP contribution in [0.1, 0.15) is 22.8 Å². The molecule has 0 fully saturated rings. The lowest BCUT2D eigenvalue weighted by Crippen LogP contribution is -2.05. The van der Waals surface area contributed by atoms with Gasteiger partial charge in [0.05, 0.1) is 4.90 Å². The van der Waals surface area contributed by atoms with Gasteiger partial charge in [-0.05, 0) is 36.2 Å². The van der Waals surface area contributed by atoms with E-state index in [1.54, 1.807) is 0 Å². The molecule has 0 heterocycles. The van der Waals surface area contributed by atoms with Crippen molar-refractivity contribution in [3.8, 4) is 0 Å². The van der Waals surface area contributed by atoms with Crippen LogP contribution in [-0.4, -0.2) is 19.8 Å². The zero-order valence-corrected chi connectivity index (χ0v) is 12.3. The number of aliphatic hydroxyl groups excluding tert-OH is 1. The fraction of sp³-hybridized carbons (Fsp3) is 0.200. The third kappa shape index (κ3) is 3.28. The average molecular weight is 312 g/mol. The van der Waals surface area contributed by atoms with Crippen molar-refractivity contribution in [1.29, 1.82) is 0 Å². The summed E-state index contributed by atoms with van der Waals surface area (Å²) in [6.45, 7) is 1.47. The fourth-order valence-corrected chi connectivity index (χ4v) is 2.60. The Kier molecular flexibility index (Phi) is 4.11. The summed E-state index contributed by atoms with van der Waals surface area (Å²) in [4.78, 5) is 0.106. The van der Waals surface area contributed by atoms with Gasteiger partial charge in [0.1, 0.15) is 17.7 Å². The third-order valence-electron chi connectivity index (χ3n) is 3.20. The molecule has 21 heavy (non-hydrogen) atoms. The van der Waals surface area contributed by atoms with Gasteiger partial charge in [-0.2, -0.15) is 0 Å². The van der Waals surface area contributed by atoms with Crippen molar-refractivity contribution in [3.63, 3.8) is 0 Å². The summed E-state index contributed by atoms with van der Waals surface area (Å²) in [7, 11) is -3.34. The first-order chi connectivity index (χ1) is 9.70. The summed E-state index contributed by atoms with van der Waals surface area (Å²) in [5.41, 5.74) is 0.492. The normalized spacial score (nSPS) is 13.2. The predicted molar refractivity (Wildman–Crippen MR) is 74.7 cm³/mol. The van der Waals surface area contributed by atoms with Gasteiger partial charge >= 0.3 is 0 Å². The molecule has 2 aromatic carbocycles. The van der Waals surface area contributed by atoms with Crippen LogP contribution >= 0.6 is 0 Å². The standard InChI is InChI=1S/C15H14F2O3S/c1-9-7-12(14(17)8-13(9)16)15(18)10-3-5-11(6-4-10)21(2,19)20/h3-8,15,18H,1-2H3. The van der Waals surface area contributed by atoms with Crippen LogP contribution in [0.4, 0.5) is 8.78 Å². The summed E-state index contributed by atoms with van der Waals surface area (Å²) < 4.78 is 49.7. The maximum Gasteiger partial charge on any atom is 0.175 e. The molecule has 1 atom stereocenters.